The van der Waals surface area contributed by atoms with Crippen molar-refractivity contribution in [3.63, 3.8) is 0 Å². The molecule has 1 rings (SSSR count). The van der Waals surface area contributed by atoms with E-state index in [1.54, 1.807) is 6.92 Å². The van der Waals surface area contributed by atoms with E-state index in [1.807, 2.05) is 0 Å². The van der Waals surface area contributed by atoms with Crippen molar-refractivity contribution in [2.45, 2.75) is 152 Å². The maximum atomic E-state index is 12.7. The first-order valence-corrected chi connectivity index (χ1v) is 19.9. The molecule has 1 aliphatic rings. The normalized spacial score (nSPS) is 19.0. The molecule has 0 unspecified atom stereocenters. The van der Waals surface area contributed by atoms with Crippen molar-refractivity contribution in [2.24, 2.45) is 0 Å². The van der Waals surface area contributed by atoms with E-state index in [0.29, 0.717) is 6.42 Å². The number of carbonyl (C=O) groups is 1. The first-order valence-electron chi connectivity index (χ1n) is 19.9. The van der Waals surface area contributed by atoms with Gasteiger partial charge in [0.15, 0.2) is 0 Å². The summed E-state index contributed by atoms with van der Waals surface area (Å²) in [6, 6.07) is -2.52. The highest BCUT2D eigenvalue weighted by molar-refractivity contribution is 5.94. The van der Waals surface area contributed by atoms with Gasteiger partial charge in [0.25, 0.3) is 5.91 Å². The number of aliphatic hydroxyl groups is 7. The van der Waals surface area contributed by atoms with Crippen LogP contribution in [0, 0.1) is 142 Å². The fourth-order valence-electron chi connectivity index (χ4n) is 5.61. The number of hydrogen-bond donors (Lipinski definition) is 9. The molecule has 10 heteroatoms. The van der Waals surface area contributed by atoms with Crippen LogP contribution in [0.3, 0.4) is 0 Å². The zero-order valence-corrected chi connectivity index (χ0v) is 34.1. The Balaban J connectivity index is 2.75. The van der Waals surface area contributed by atoms with E-state index in [9.17, 15) is 40.5 Å². The molecule has 0 aromatic heterocycles. The van der Waals surface area contributed by atoms with Crippen molar-refractivity contribution >= 4 is 5.91 Å². The molecule has 0 aromatic rings. The van der Waals surface area contributed by atoms with E-state index in [2.05, 4.69) is 160 Å². The third-order valence-electron chi connectivity index (χ3n) is 8.80. The van der Waals surface area contributed by atoms with Gasteiger partial charge in [0, 0.05) is 48.0 Å². The molecular weight excluding hydrogens is 757 g/mol. The summed E-state index contributed by atoms with van der Waals surface area (Å²) >= 11 is 0. The second-order valence-electron chi connectivity index (χ2n) is 13.3. The van der Waals surface area contributed by atoms with E-state index in [0.717, 1.165) is 25.7 Å². The van der Waals surface area contributed by atoms with Crippen molar-refractivity contribution in [1.29, 1.82) is 0 Å². The molecular formula is C50H52N2O8. The summed E-state index contributed by atoms with van der Waals surface area (Å²) < 4.78 is 0. The van der Waals surface area contributed by atoms with E-state index in [4.69, 9.17) is 0 Å². The lowest BCUT2D eigenvalue weighted by atomic mass is 9.83. The summed E-state index contributed by atoms with van der Waals surface area (Å²) in [6.45, 7) is 3.57. The van der Waals surface area contributed by atoms with Gasteiger partial charge in [0.1, 0.15) is 36.6 Å². The minimum Gasteiger partial charge on any atom is -0.390 e. The van der Waals surface area contributed by atoms with Gasteiger partial charge >= 0.3 is 0 Å². The Morgan fingerprint density at radius 1 is 0.483 bits per heavy atom. The molecule has 0 aromatic carbocycles. The Morgan fingerprint density at radius 2 is 0.817 bits per heavy atom. The zero-order chi connectivity index (χ0) is 44.1. The summed E-state index contributed by atoms with van der Waals surface area (Å²) in [5.41, 5.74) is 0. The summed E-state index contributed by atoms with van der Waals surface area (Å²) in [6.07, 6.45) is 2.45. The third kappa shape index (κ3) is 24.6. The van der Waals surface area contributed by atoms with Gasteiger partial charge in [-0.05, 0) is 108 Å². The second-order valence-corrected chi connectivity index (χ2v) is 13.3. The van der Waals surface area contributed by atoms with Crippen molar-refractivity contribution in [2.75, 3.05) is 6.54 Å². The van der Waals surface area contributed by atoms with E-state index >= 15 is 0 Å². The van der Waals surface area contributed by atoms with Crippen LogP contribution in [-0.2, 0) is 4.79 Å². The van der Waals surface area contributed by atoms with Gasteiger partial charge in [-0.1, -0.05) is 89.9 Å². The zero-order valence-electron chi connectivity index (χ0n) is 34.1. The molecule has 0 radical (unpaired) electrons. The number of hydrogen-bond acceptors (Lipinski definition) is 9. The first-order chi connectivity index (χ1) is 29.1. The van der Waals surface area contributed by atoms with E-state index in [-0.39, 0.29) is 13.0 Å². The number of nitrogens with one attached hydrogen (secondary N) is 2. The fourth-order valence-corrected chi connectivity index (χ4v) is 5.61. The summed E-state index contributed by atoms with van der Waals surface area (Å²) in [4.78, 5) is 12.7. The maximum Gasteiger partial charge on any atom is 0.297 e. The molecule has 310 valence electrons. The maximum absolute atomic E-state index is 12.7. The number of carbonyl (C=O) groups excluding carboxylic acids is 1. The molecule has 1 aliphatic carbocycles. The molecule has 9 N–H and O–H groups in total. The van der Waals surface area contributed by atoms with Crippen LogP contribution >= 0.6 is 0 Å². The summed E-state index contributed by atoms with van der Waals surface area (Å²) in [7, 11) is 0. The predicted molar refractivity (Wildman–Crippen MR) is 230 cm³/mol. The average Bonchev–Trinajstić information content (AvgIpc) is 3.24. The molecule has 1 fully saturated rings. The topological polar surface area (TPSA) is 183 Å². The largest absolute Gasteiger partial charge is 0.390 e. The summed E-state index contributed by atoms with van der Waals surface area (Å²) in [5, 5.41) is 78.1. The van der Waals surface area contributed by atoms with Crippen LogP contribution in [0.4, 0.5) is 0 Å². The molecule has 60 heavy (non-hydrogen) atoms. The third-order valence-corrected chi connectivity index (χ3v) is 8.80. The lowest BCUT2D eigenvalue weighted by Gasteiger charge is -2.43. The minimum absolute atomic E-state index is 0.257. The molecule has 9 atom stereocenters. The average molecular weight is 809 g/mol. The van der Waals surface area contributed by atoms with E-state index < -0.39 is 60.7 Å². The Labute approximate surface area is 356 Å². The van der Waals surface area contributed by atoms with Crippen molar-refractivity contribution in [1.82, 2.24) is 10.6 Å². The van der Waals surface area contributed by atoms with Crippen LogP contribution in [-0.4, -0.2) is 103 Å². The molecule has 0 bridgehead atoms. The summed E-state index contributed by atoms with van der Waals surface area (Å²) in [5.74, 6) is 58.4. The van der Waals surface area contributed by atoms with Gasteiger partial charge in [-0.2, -0.15) is 0 Å². The Kier molecular flexibility index (Phi) is 30.2. The standard InChI is InChI=1S/C50H52N2O8/c1-3-5-7-9-11-13-15-17-18-19-20-21-22-23-24-25-26-27-29-31-33-35-37-39-43(54)52-41(40-51-44-46(56)48(58)50(60)49(59)47(44)57)45(55)42(53)38-36-34-32-30-28-16-14-12-10-8-6-4-2/h41-42,44-51,53,55-60H,4,6,8,10,12,14,16,28,30,32,34,36,38,40H2,1-2H3,(H,52,54)/t41-,42+,44-,45-,46-,47+,48+,49-,50-/m0/s1. The Bertz CT molecular complexity index is 2150. The monoisotopic (exact) mass is 808 g/mol. The van der Waals surface area contributed by atoms with Crippen LogP contribution in [0.5, 0.6) is 0 Å². The highest BCUT2D eigenvalue weighted by Crippen LogP contribution is 2.22. The van der Waals surface area contributed by atoms with Gasteiger partial charge in [0.05, 0.1) is 18.2 Å². The van der Waals surface area contributed by atoms with Gasteiger partial charge in [-0.3, -0.25) is 4.79 Å². The number of aliphatic hydroxyl groups excluding tert-OH is 7. The number of amides is 1. The smallest absolute Gasteiger partial charge is 0.297 e. The van der Waals surface area contributed by atoms with Crippen LogP contribution in [0.1, 0.15) is 97.3 Å². The van der Waals surface area contributed by atoms with E-state index in [1.165, 1.54) is 44.9 Å². The predicted octanol–water partition coefficient (Wildman–Crippen LogP) is 0.121. The van der Waals surface area contributed by atoms with Crippen LogP contribution < -0.4 is 10.6 Å². The number of unbranched alkanes of at least 4 members (excludes halogenated alkanes) is 11. The van der Waals surface area contributed by atoms with Crippen LogP contribution in [0.15, 0.2) is 0 Å². The van der Waals surface area contributed by atoms with Gasteiger partial charge < -0.3 is 46.4 Å². The van der Waals surface area contributed by atoms with Gasteiger partial charge in [-0.15, -0.1) is 0 Å². The molecule has 1 saturated carbocycles. The molecule has 1 amide bonds. The SMILES string of the molecule is CC#CC#CC#CC#CC#CC#CC#CC#CC#CC#CC#CC#CC(=O)N[C@@H](CN[C@H]1[C@H](O)[C@@H](O)[C@H](O)[C@@H](O)[C@@H]1O)[C@H](O)[C@H](O)CCCCCCCCCCCCCC. The molecule has 0 aliphatic heterocycles. The highest BCUT2D eigenvalue weighted by atomic mass is 16.4. The highest BCUT2D eigenvalue weighted by Gasteiger charge is 2.48. The van der Waals surface area contributed by atoms with Gasteiger partial charge in [0.2, 0.25) is 0 Å². The lowest BCUT2D eigenvalue weighted by Crippen LogP contribution is -2.69. The quantitative estimate of drug-likeness (QED) is 0.0647. The Hall–Kier alpha value is -6.13. The fraction of sp³-hybridized carbons (Fsp3) is 0.500. The van der Waals surface area contributed by atoms with Crippen LogP contribution in [0.25, 0.3) is 0 Å². The van der Waals surface area contributed by atoms with Crippen molar-refractivity contribution in [3.8, 4) is 142 Å². The Morgan fingerprint density at radius 3 is 1.20 bits per heavy atom. The molecule has 0 heterocycles. The van der Waals surface area contributed by atoms with Crippen molar-refractivity contribution < 1.29 is 40.5 Å². The van der Waals surface area contributed by atoms with Crippen LogP contribution in [0.2, 0.25) is 0 Å². The number of rotatable bonds is 19. The second kappa shape index (κ2) is 34.9. The van der Waals surface area contributed by atoms with Gasteiger partial charge in [-0.25, -0.2) is 0 Å². The first kappa shape index (κ1) is 51.9. The molecule has 0 spiro atoms. The lowest BCUT2D eigenvalue weighted by molar-refractivity contribution is -0.190. The molecule has 10 nitrogen and oxygen atoms in total. The molecule has 0 saturated heterocycles. The van der Waals surface area contributed by atoms with Crippen molar-refractivity contribution in [3.05, 3.63) is 0 Å². The minimum atomic E-state index is -1.79.